The molecule has 0 aromatic heterocycles. The molecule has 0 saturated heterocycles. The molecular formula is C13H15NO3. The molecule has 0 aliphatic rings. The lowest BCUT2D eigenvalue weighted by Crippen LogP contribution is -2.32. The maximum absolute atomic E-state index is 11.7. The van der Waals surface area contributed by atoms with E-state index in [2.05, 4.69) is 4.74 Å². The third-order valence-corrected chi connectivity index (χ3v) is 2.37. The van der Waals surface area contributed by atoms with E-state index in [0.717, 1.165) is 5.56 Å². The van der Waals surface area contributed by atoms with Gasteiger partial charge in [0.15, 0.2) is 0 Å². The maximum atomic E-state index is 11.7. The molecule has 90 valence electrons. The minimum absolute atomic E-state index is 0.668. The molecule has 0 atom stereocenters. The zero-order valence-corrected chi connectivity index (χ0v) is 10.1. The fourth-order valence-electron chi connectivity index (χ4n) is 1.50. The molecule has 0 fully saturated rings. The molecule has 0 saturated carbocycles. The summed E-state index contributed by atoms with van der Waals surface area (Å²) in [6.07, 6.45) is 1.77. The summed E-state index contributed by atoms with van der Waals surface area (Å²) >= 11 is 0. The molecule has 4 nitrogen and oxygen atoms in total. The van der Waals surface area contributed by atoms with E-state index in [1.807, 2.05) is 37.3 Å². The molecule has 0 heterocycles. The number of allylic oxidation sites excluding steroid dienone is 1. The van der Waals surface area contributed by atoms with Crippen LogP contribution in [-0.2, 0) is 14.3 Å². The summed E-state index contributed by atoms with van der Waals surface area (Å²) < 4.78 is 4.41. The van der Waals surface area contributed by atoms with Gasteiger partial charge in [-0.15, -0.1) is 0 Å². The Morgan fingerprint density at radius 3 is 2.29 bits per heavy atom. The van der Waals surface area contributed by atoms with Crippen molar-refractivity contribution in [3.63, 3.8) is 0 Å². The Kier molecular flexibility index (Phi) is 4.46. The number of benzene rings is 1. The van der Waals surface area contributed by atoms with E-state index >= 15 is 0 Å². The number of carbonyl (C=O) groups is 2. The molecule has 0 aliphatic heterocycles. The quantitative estimate of drug-likeness (QED) is 0.576. The van der Waals surface area contributed by atoms with Crippen LogP contribution in [0.25, 0.3) is 5.70 Å². The lowest BCUT2D eigenvalue weighted by Gasteiger charge is -2.19. The van der Waals surface area contributed by atoms with E-state index in [9.17, 15) is 9.59 Å². The fraction of sp³-hybridized carbons (Fsp3) is 0.231. The van der Waals surface area contributed by atoms with Crippen LogP contribution in [0, 0.1) is 0 Å². The first kappa shape index (κ1) is 13.0. The van der Waals surface area contributed by atoms with Gasteiger partial charge in [-0.3, -0.25) is 4.79 Å². The fourth-order valence-corrected chi connectivity index (χ4v) is 1.50. The van der Waals surface area contributed by atoms with Gasteiger partial charge < -0.3 is 9.64 Å². The van der Waals surface area contributed by atoms with E-state index in [0.29, 0.717) is 5.70 Å². The molecule has 0 radical (unpaired) electrons. The zero-order chi connectivity index (χ0) is 12.8. The molecule has 4 heteroatoms. The van der Waals surface area contributed by atoms with Gasteiger partial charge in [0.25, 0.3) is 0 Å². The molecule has 1 amide bonds. The third-order valence-electron chi connectivity index (χ3n) is 2.37. The number of carbonyl (C=O) groups excluding carboxylic acids is 2. The summed E-state index contributed by atoms with van der Waals surface area (Å²) in [7, 11) is 2.73. The van der Waals surface area contributed by atoms with Gasteiger partial charge in [0.1, 0.15) is 0 Å². The van der Waals surface area contributed by atoms with Gasteiger partial charge in [-0.1, -0.05) is 36.4 Å². The van der Waals surface area contributed by atoms with Crippen molar-refractivity contribution in [2.75, 3.05) is 14.2 Å². The Morgan fingerprint density at radius 2 is 1.82 bits per heavy atom. The van der Waals surface area contributed by atoms with Crippen molar-refractivity contribution in [3.05, 3.63) is 42.0 Å². The number of rotatable bonds is 2. The van der Waals surface area contributed by atoms with Crippen LogP contribution in [0.5, 0.6) is 0 Å². The van der Waals surface area contributed by atoms with Gasteiger partial charge in [-0.2, -0.15) is 0 Å². The first-order valence-corrected chi connectivity index (χ1v) is 5.19. The normalized spacial score (nSPS) is 10.9. The van der Waals surface area contributed by atoms with Crippen molar-refractivity contribution in [1.82, 2.24) is 4.90 Å². The molecule has 0 N–H and O–H groups in total. The van der Waals surface area contributed by atoms with E-state index in [1.54, 1.807) is 13.1 Å². The highest BCUT2D eigenvalue weighted by Crippen LogP contribution is 2.17. The highest BCUT2D eigenvalue weighted by molar-refractivity contribution is 6.33. The van der Waals surface area contributed by atoms with Crippen LogP contribution < -0.4 is 0 Å². The molecule has 0 unspecified atom stereocenters. The minimum atomic E-state index is -0.872. The molecule has 0 bridgehead atoms. The number of ether oxygens (including phenoxy) is 1. The number of likely N-dealkylation sites (N-methyl/N-ethyl adjacent to an activating group) is 1. The Hall–Kier alpha value is -2.10. The SMILES string of the molecule is C/C=C(\c1ccccc1)N(C)C(=O)C(=O)OC. The summed E-state index contributed by atoms with van der Waals surface area (Å²) in [5.41, 5.74) is 1.54. The summed E-state index contributed by atoms with van der Waals surface area (Å²) in [4.78, 5) is 24.1. The van der Waals surface area contributed by atoms with Crippen molar-refractivity contribution >= 4 is 17.6 Å². The second-order valence-electron chi connectivity index (χ2n) is 3.40. The van der Waals surface area contributed by atoms with Gasteiger partial charge in [0.2, 0.25) is 0 Å². The third kappa shape index (κ3) is 2.93. The Bertz CT molecular complexity index is 437. The topological polar surface area (TPSA) is 46.6 Å². The molecular weight excluding hydrogens is 218 g/mol. The van der Waals surface area contributed by atoms with Crippen molar-refractivity contribution < 1.29 is 14.3 Å². The number of nitrogens with zero attached hydrogens (tertiary/aromatic N) is 1. The monoisotopic (exact) mass is 233 g/mol. The number of amides is 1. The standard InChI is InChI=1S/C13H15NO3/c1-4-11(10-8-6-5-7-9-10)14(2)12(15)13(16)17-3/h4-9H,1-3H3/b11-4+. The molecule has 1 rings (SSSR count). The summed E-state index contributed by atoms with van der Waals surface area (Å²) in [6, 6.07) is 9.37. The smallest absolute Gasteiger partial charge is 0.397 e. The van der Waals surface area contributed by atoms with Crippen LogP contribution in [-0.4, -0.2) is 30.9 Å². The summed E-state index contributed by atoms with van der Waals surface area (Å²) in [5.74, 6) is -1.56. The number of methoxy groups -OCH3 is 1. The zero-order valence-electron chi connectivity index (χ0n) is 10.1. The number of hydrogen-bond donors (Lipinski definition) is 0. The summed E-state index contributed by atoms with van der Waals surface area (Å²) in [6.45, 7) is 1.81. The first-order valence-electron chi connectivity index (χ1n) is 5.19. The Morgan fingerprint density at radius 1 is 1.24 bits per heavy atom. The van der Waals surface area contributed by atoms with E-state index in [4.69, 9.17) is 0 Å². The maximum Gasteiger partial charge on any atom is 0.397 e. The molecule has 0 aliphatic carbocycles. The predicted octanol–water partition coefficient (Wildman–Crippen LogP) is 1.68. The van der Waals surface area contributed by atoms with Crippen molar-refractivity contribution in [2.24, 2.45) is 0 Å². The van der Waals surface area contributed by atoms with Crippen LogP contribution in [0.3, 0.4) is 0 Å². The van der Waals surface area contributed by atoms with E-state index in [-0.39, 0.29) is 0 Å². The van der Waals surface area contributed by atoms with Gasteiger partial charge in [-0.05, 0) is 12.5 Å². The molecule has 1 aromatic carbocycles. The van der Waals surface area contributed by atoms with Crippen LogP contribution in [0.2, 0.25) is 0 Å². The van der Waals surface area contributed by atoms with E-state index in [1.165, 1.54) is 12.0 Å². The largest absolute Gasteiger partial charge is 0.462 e. The first-order chi connectivity index (χ1) is 8.11. The molecule has 1 aromatic rings. The predicted molar refractivity (Wildman–Crippen MR) is 64.9 cm³/mol. The summed E-state index contributed by atoms with van der Waals surface area (Å²) in [5, 5.41) is 0. The van der Waals surface area contributed by atoms with Crippen molar-refractivity contribution in [3.8, 4) is 0 Å². The molecule has 17 heavy (non-hydrogen) atoms. The van der Waals surface area contributed by atoms with E-state index < -0.39 is 11.9 Å². The van der Waals surface area contributed by atoms with Crippen LogP contribution >= 0.6 is 0 Å². The number of hydrogen-bond acceptors (Lipinski definition) is 3. The second-order valence-corrected chi connectivity index (χ2v) is 3.40. The molecule has 0 spiro atoms. The Balaban J connectivity index is 2.98. The van der Waals surface area contributed by atoms with Crippen molar-refractivity contribution in [2.45, 2.75) is 6.92 Å². The highest BCUT2D eigenvalue weighted by Gasteiger charge is 2.22. The lowest BCUT2D eigenvalue weighted by atomic mass is 10.1. The van der Waals surface area contributed by atoms with Gasteiger partial charge in [0, 0.05) is 12.7 Å². The van der Waals surface area contributed by atoms with Gasteiger partial charge >= 0.3 is 11.9 Å². The Labute approximate surface area is 100 Å². The van der Waals surface area contributed by atoms with Gasteiger partial charge in [-0.25, -0.2) is 4.79 Å². The van der Waals surface area contributed by atoms with Crippen molar-refractivity contribution in [1.29, 1.82) is 0 Å². The van der Waals surface area contributed by atoms with Gasteiger partial charge in [0.05, 0.1) is 7.11 Å². The average molecular weight is 233 g/mol. The van der Waals surface area contributed by atoms with Crippen LogP contribution in [0.1, 0.15) is 12.5 Å². The average Bonchev–Trinajstić information content (AvgIpc) is 2.38. The number of esters is 1. The second kappa shape index (κ2) is 5.84. The minimum Gasteiger partial charge on any atom is -0.462 e. The van der Waals surface area contributed by atoms with Crippen LogP contribution in [0.15, 0.2) is 36.4 Å². The lowest BCUT2D eigenvalue weighted by molar-refractivity contribution is -0.155. The highest BCUT2D eigenvalue weighted by atomic mass is 16.5. The van der Waals surface area contributed by atoms with Crippen LogP contribution in [0.4, 0.5) is 0 Å².